The number of carbonyl (C=O) groups excluding carboxylic acids is 9. The SMILES string of the molecule is CNCC(=O)NCCNC(=O)CNC(=O)[C@H](CC(C)C)NC(=O)[C@H](Cc1ccccc1)NC(=O)CNC(=O)[C@H](CCCCNC(=O)CCCCCNC(=O)Nc1ccc(-c2c3nc(c(-c4ccccc4)c4ccc([nH]4)c(-c4ccccc4)c4nc(c(-c5ccccc5)c5ccc2[nH]5)C=C4)C=C3)cc1)NC(=O)CNC. The van der Waals surface area contributed by atoms with Crippen molar-refractivity contribution in [3.8, 4) is 44.5 Å². The normalized spacial score (nSPS) is 12.2. The Bertz CT molecular complexity index is 4680. The van der Waals surface area contributed by atoms with Crippen LogP contribution in [0.5, 0.6) is 0 Å². The molecular weight excluding hydrogens is 1380 g/mol. The predicted octanol–water partition coefficient (Wildman–Crippen LogP) is 8.94. The molecule has 3 atom stereocenters. The van der Waals surface area contributed by atoms with E-state index in [0.29, 0.717) is 56.4 Å². The summed E-state index contributed by atoms with van der Waals surface area (Å²) < 4.78 is 0. The van der Waals surface area contributed by atoms with E-state index in [1.807, 2.05) is 92.7 Å². The first-order valence-corrected chi connectivity index (χ1v) is 37.1. The highest BCUT2D eigenvalue weighted by molar-refractivity contribution is 6.01. The number of H-pyrrole nitrogens is 2. The molecule has 5 aromatic carbocycles. The Morgan fingerprint density at radius 1 is 0.367 bits per heavy atom. The first kappa shape index (κ1) is 79.2. The summed E-state index contributed by atoms with van der Waals surface area (Å²) in [5, 5.41) is 32.9. The maximum Gasteiger partial charge on any atom is 0.319 e. The Morgan fingerprint density at radius 2 is 0.780 bits per heavy atom. The lowest BCUT2D eigenvalue weighted by Gasteiger charge is -2.24. The zero-order valence-electron chi connectivity index (χ0n) is 61.9. The topological polar surface area (TPSA) is 355 Å². The van der Waals surface area contributed by atoms with Crippen molar-refractivity contribution in [3.63, 3.8) is 0 Å². The molecular formula is C84H96N16O9. The minimum atomic E-state index is -1.19. The largest absolute Gasteiger partial charge is 0.356 e. The summed E-state index contributed by atoms with van der Waals surface area (Å²) in [6.45, 7) is 3.89. The molecule has 0 saturated heterocycles. The summed E-state index contributed by atoms with van der Waals surface area (Å²) in [6, 6.07) is 52.2. The van der Waals surface area contributed by atoms with Crippen LogP contribution in [-0.4, -0.2) is 158 Å². The number of amides is 10. The summed E-state index contributed by atoms with van der Waals surface area (Å²) in [6.07, 6.45) is 11.8. The second-order valence-corrected chi connectivity index (χ2v) is 27.0. The molecule has 0 radical (unpaired) electrons. The third kappa shape index (κ3) is 23.3. The molecule has 14 N–H and O–H groups in total. The van der Waals surface area contributed by atoms with Gasteiger partial charge in [0.15, 0.2) is 0 Å². The second-order valence-electron chi connectivity index (χ2n) is 27.0. The third-order valence-electron chi connectivity index (χ3n) is 18.2. The number of nitrogens with one attached hydrogen (secondary N) is 14. The number of rotatable bonds is 37. The fourth-order valence-corrected chi connectivity index (χ4v) is 12.9. The molecule has 25 nitrogen and oxygen atoms in total. The van der Waals surface area contributed by atoms with Crippen molar-refractivity contribution >= 4 is 105 Å². The van der Waals surface area contributed by atoms with Crippen molar-refractivity contribution in [2.24, 2.45) is 5.92 Å². The van der Waals surface area contributed by atoms with Crippen LogP contribution in [0.2, 0.25) is 0 Å². The van der Waals surface area contributed by atoms with E-state index in [1.54, 1.807) is 44.4 Å². The summed E-state index contributed by atoms with van der Waals surface area (Å²) in [5.74, 6) is -4.01. The maximum atomic E-state index is 14.0. The number of hydrogen-bond acceptors (Lipinski definition) is 13. The molecule has 0 aliphatic carbocycles. The fourth-order valence-electron chi connectivity index (χ4n) is 12.9. The Kier molecular flexibility index (Phi) is 29.4. The zero-order valence-corrected chi connectivity index (χ0v) is 61.9. The van der Waals surface area contributed by atoms with Crippen LogP contribution < -0.4 is 63.8 Å². The maximum absolute atomic E-state index is 14.0. The second kappa shape index (κ2) is 40.4. The van der Waals surface area contributed by atoms with Gasteiger partial charge in [0, 0.05) is 89.0 Å². The molecule has 2 aliphatic rings. The number of aromatic amines is 2. The monoisotopic (exact) mass is 1470 g/mol. The van der Waals surface area contributed by atoms with E-state index in [0.717, 1.165) is 89.4 Å². The molecule has 3 aromatic heterocycles. The number of hydrogen-bond donors (Lipinski definition) is 14. The van der Waals surface area contributed by atoms with Crippen molar-refractivity contribution in [1.29, 1.82) is 0 Å². The van der Waals surface area contributed by atoms with E-state index < -0.39 is 60.1 Å². The summed E-state index contributed by atoms with van der Waals surface area (Å²) in [7, 11) is 3.22. The standard InChI is InChI=1S/C84H96N16O9/c1-54(2)48-70(82(107)91-52-74(103)89-47-46-88-73(102)50-85-3)100-83(108)71(49-55-22-10-5-11-23-55)99-76(105)53-92-81(106)69(98-75(104)51-86-4)30-19-21-44-87-72(101)31-18-9-20-45-90-84(109)93-60-34-32-59(33-35-60)80-67-42-40-65(96-67)78(57-26-14-7-15-27-57)63-38-36-61(94-63)77(56-24-12-6-13-25-56)62-37-39-64(95-62)79(58-28-16-8-17-29-58)66-41-43-68(80)97-66/h5-8,10-17,22-29,32-43,54,69-71,85-86,94,97H,9,18-21,30-31,44-53H2,1-4H3,(H,87,101)(H,88,102)(H,89,103)(H,91,107)(H,92,106)(H,98,104)(H,99,105)(H,100,108)(H2,90,93,109)/t69-,70-,71-/m0/s1. The average Bonchev–Trinajstić information content (AvgIpc) is 1.62. The van der Waals surface area contributed by atoms with Crippen molar-refractivity contribution in [2.45, 2.75) is 89.8 Å². The van der Waals surface area contributed by atoms with Crippen LogP contribution in [0.3, 0.4) is 0 Å². The highest BCUT2D eigenvalue weighted by atomic mass is 16.2. The molecule has 10 rings (SSSR count). The minimum Gasteiger partial charge on any atom is -0.356 e. The van der Waals surface area contributed by atoms with Gasteiger partial charge in [-0.2, -0.15) is 0 Å². The van der Waals surface area contributed by atoms with E-state index in [4.69, 9.17) is 9.97 Å². The van der Waals surface area contributed by atoms with Crippen LogP contribution in [-0.2, 0) is 44.8 Å². The Morgan fingerprint density at radius 3 is 1.28 bits per heavy atom. The van der Waals surface area contributed by atoms with E-state index in [1.165, 1.54) is 0 Å². The lowest BCUT2D eigenvalue weighted by atomic mass is 10.0. The summed E-state index contributed by atoms with van der Waals surface area (Å²) in [4.78, 5) is 136. The molecule has 25 heteroatoms. The van der Waals surface area contributed by atoms with Crippen LogP contribution in [0.15, 0.2) is 170 Å². The van der Waals surface area contributed by atoms with Gasteiger partial charge in [-0.3, -0.25) is 38.4 Å². The van der Waals surface area contributed by atoms with Gasteiger partial charge in [-0.25, -0.2) is 14.8 Å². The molecule has 10 amide bonds. The zero-order chi connectivity index (χ0) is 76.9. The number of benzene rings is 5. The van der Waals surface area contributed by atoms with Crippen LogP contribution in [0.4, 0.5) is 10.5 Å². The quantitative estimate of drug-likeness (QED) is 0.0162. The molecule has 0 fully saturated rings. The van der Waals surface area contributed by atoms with Gasteiger partial charge in [0.1, 0.15) is 18.1 Å². The number of urea groups is 1. The number of carbonyl (C=O) groups is 9. The average molecular weight is 1470 g/mol. The molecule has 0 saturated carbocycles. The van der Waals surface area contributed by atoms with Crippen LogP contribution in [0.25, 0.3) is 90.9 Å². The van der Waals surface area contributed by atoms with Gasteiger partial charge >= 0.3 is 6.03 Å². The molecule has 566 valence electrons. The van der Waals surface area contributed by atoms with Gasteiger partial charge in [0.25, 0.3) is 0 Å². The smallest absolute Gasteiger partial charge is 0.319 e. The van der Waals surface area contributed by atoms with E-state index >= 15 is 0 Å². The summed E-state index contributed by atoms with van der Waals surface area (Å²) >= 11 is 0. The number of nitrogens with zero attached hydrogens (tertiary/aromatic N) is 2. The highest BCUT2D eigenvalue weighted by Crippen LogP contribution is 2.39. The fraction of sp³-hybridized carbons (Fsp3) is 0.298. The molecule has 0 spiro atoms. The van der Waals surface area contributed by atoms with E-state index in [-0.39, 0.29) is 82.2 Å². The van der Waals surface area contributed by atoms with Crippen molar-refractivity contribution in [3.05, 3.63) is 198 Å². The van der Waals surface area contributed by atoms with E-state index in [2.05, 4.69) is 159 Å². The lowest BCUT2D eigenvalue weighted by Crippen LogP contribution is -2.56. The van der Waals surface area contributed by atoms with Crippen molar-refractivity contribution in [1.82, 2.24) is 78.4 Å². The molecule has 8 aromatic rings. The minimum absolute atomic E-state index is 0.0400. The van der Waals surface area contributed by atoms with Crippen molar-refractivity contribution < 1.29 is 43.2 Å². The molecule has 5 heterocycles. The van der Waals surface area contributed by atoms with Crippen LogP contribution in [0.1, 0.15) is 93.6 Å². The Labute approximate surface area is 634 Å². The molecule has 8 bridgehead atoms. The first-order chi connectivity index (χ1) is 53.0. The number of anilines is 1. The number of likely N-dealkylation sites (N-methyl/N-ethyl adjacent to an activating group) is 2. The summed E-state index contributed by atoms with van der Waals surface area (Å²) in [5.41, 5.74) is 15.6. The Balaban J connectivity index is 0.697. The Hall–Kier alpha value is -12.4. The number of unbranched alkanes of at least 4 members (excludes halogenated alkanes) is 3. The predicted molar refractivity (Wildman–Crippen MR) is 428 cm³/mol. The van der Waals surface area contributed by atoms with Crippen LogP contribution >= 0.6 is 0 Å². The number of fused-ring (bicyclic) bond motifs is 8. The van der Waals surface area contributed by atoms with Gasteiger partial charge in [-0.1, -0.05) is 154 Å². The van der Waals surface area contributed by atoms with Gasteiger partial charge in [-0.05, 0) is 147 Å². The van der Waals surface area contributed by atoms with Crippen LogP contribution in [0, 0.1) is 5.92 Å². The molecule has 109 heavy (non-hydrogen) atoms. The van der Waals surface area contributed by atoms with Gasteiger partial charge in [-0.15, -0.1) is 0 Å². The van der Waals surface area contributed by atoms with Crippen molar-refractivity contribution in [2.75, 3.05) is 71.8 Å². The number of aromatic nitrogens is 4. The lowest BCUT2D eigenvalue weighted by molar-refractivity contribution is -0.133. The van der Waals surface area contributed by atoms with E-state index in [9.17, 15) is 43.2 Å². The van der Waals surface area contributed by atoms with Gasteiger partial charge < -0.3 is 73.8 Å². The third-order valence-corrected chi connectivity index (χ3v) is 18.2. The molecule has 2 aliphatic heterocycles. The van der Waals surface area contributed by atoms with Gasteiger partial charge in [0.05, 0.1) is 49.0 Å². The molecule has 0 unspecified atom stereocenters. The first-order valence-electron chi connectivity index (χ1n) is 37.1. The highest BCUT2D eigenvalue weighted by Gasteiger charge is 2.30. The van der Waals surface area contributed by atoms with Gasteiger partial charge in [0.2, 0.25) is 47.3 Å².